The lowest BCUT2D eigenvalue weighted by atomic mass is 9.91. The summed E-state index contributed by atoms with van der Waals surface area (Å²) in [7, 11) is 0. The van der Waals surface area contributed by atoms with Crippen molar-refractivity contribution in [2.75, 3.05) is 22.5 Å². The standard InChI is InChI=1S/C25H37IN2O4/c1-23(2,12-13-24(3,4)32-15-14-26)27-21(30)11-8-19-6-9-20(10-7-19)28-17-25(5,18-29)16-22(28)31/h6-7,9-10,18H,8,11-17H2,1-5H3,(H,27,30). The van der Waals surface area contributed by atoms with Crippen LogP contribution >= 0.6 is 22.6 Å². The molecule has 6 nitrogen and oxygen atoms in total. The molecule has 1 aromatic carbocycles. The summed E-state index contributed by atoms with van der Waals surface area (Å²) in [5.74, 6) is -0.00151. The first-order valence-electron chi connectivity index (χ1n) is 11.3. The smallest absolute Gasteiger partial charge is 0.228 e. The molecule has 0 saturated carbocycles. The Balaban J connectivity index is 1.82. The lowest BCUT2D eigenvalue weighted by molar-refractivity contribution is -0.123. The Kier molecular flexibility index (Phi) is 9.28. The van der Waals surface area contributed by atoms with Crippen molar-refractivity contribution >= 4 is 46.4 Å². The lowest BCUT2D eigenvalue weighted by Gasteiger charge is -2.32. The van der Waals surface area contributed by atoms with Crippen LogP contribution in [0.5, 0.6) is 0 Å². The second-order valence-corrected chi connectivity index (χ2v) is 11.4. The third-order valence-corrected chi connectivity index (χ3v) is 6.39. The van der Waals surface area contributed by atoms with Crippen LogP contribution in [0.4, 0.5) is 5.69 Å². The second-order valence-electron chi connectivity index (χ2n) is 10.3. The van der Waals surface area contributed by atoms with Crippen LogP contribution in [0.2, 0.25) is 0 Å². The highest BCUT2D eigenvalue weighted by Crippen LogP contribution is 2.32. The average molecular weight is 556 g/mol. The number of halogens is 1. The molecule has 7 heteroatoms. The minimum Gasteiger partial charge on any atom is -0.375 e. The molecular weight excluding hydrogens is 519 g/mol. The fourth-order valence-electron chi connectivity index (χ4n) is 3.86. The minimum absolute atomic E-state index is 0.0292. The third kappa shape index (κ3) is 8.14. The molecule has 178 valence electrons. The molecule has 1 aliphatic rings. The van der Waals surface area contributed by atoms with Gasteiger partial charge in [0.1, 0.15) is 6.29 Å². The summed E-state index contributed by atoms with van der Waals surface area (Å²) in [4.78, 5) is 37.7. The molecule has 0 spiro atoms. The van der Waals surface area contributed by atoms with Crippen molar-refractivity contribution in [1.29, 1.82) is 0 Å². The number of hydrogen-bond acceptors (Lipinski definition) is 4. The van der Waals surface area contributed by atoms with Crippen molar-refractivity contribution in [1.82, 2.24) is 5.32 Å². The molecule has 2 rings (SSSR count). The topological polar surface area (TPSA) is 75.7 Å². The van der Waals surface area contributed by atoms with Gasteiger partial charge in [-0.3, -0.25) is 9.59 Å². The van der Waals surface area contributed by atoms with E-state index < -0.39 is 5.41 Å². The molecule has 0 aromatic heterocycles. The predicted molar refractivity (Wildman–Crippen MR) is 136 cm³/mol. The number of amides is 2. The molecular formula is C25H37IN2O4. The van der Waals surface area contributed by atoms with Gasteiger partial charge in [0.2, 0.25) is 11.8 Å². The van der Waals surface area contributed by atoms with Crippen molar-refractivity contribution in [2.45, 2.75) is 77.9 Å². The molecule has 1 unspecified atom stereocenters. The zero-order valence-electron chi connectivity index (χ0n) is 20.0. The van der Waals surface area contributed by atoms with Crippen molar-refractivity contribution in [3.8, 4) is 0 Å². The predicted octanol–water partition coefficient (Wildman–Crippen LogP) is 4.47. The Bertz CT molecular complexity index is 807. The molecule has 1 N–H and O–H groups in total. The highest BCUT2D eigenvalue weighted by molar-refractivity contribution is 14.1. The number of nitrogens with one attached hydrogen (secondary N) is 1. The van der Waals surface area contributed by atoms with E-state index in [0.717, 1.165) is 41.4 Å². The quantitative estimate of drug-likeness (QED) is 0.234. The Morgan fingerprint density at radius 1 is 1.22 bits per heavy atom. The number of hydrogen-bond donors (Lipinski definition) is 1. The Morgan fingerprint density at radius 3 is 2.44 bits per heavy atom. The number of benzene rings is 1. The van der Waals surface area contributed by atoms with Crippen LogP contribution in [0.15, 0.2) is 24.3 Å². The number of aryl methyl sites for hydroxylation is 1. The van der Waals surface area contributed by atoms with Crippen LogP contribution in [0.25, 0.3) is 0 Å². The Labute approximate surface area is 206 Å². The molecule has 0 radical (unpaired) electrons. The third-order valence-electron chi connectivity index (χ3n) is 5.95. The first-order chi connectivity index (χ1) is 14.9. The molecule has 1 aromatic rings. The highest BCUT2D eigenvalue weighted by atomic mass is 127. The summed E-state index contributed by atoms with van der Waals surface area (Å²) in [5, 5.41) is 3.15. The number of carbonyl (C=O) groups is 3. The molecule has 1 aliphatic heterocycles. The van der Waals surface area contributed by atoms with E-state index in [-0.39, 0.29) is 29.4 Å². The van der Waals surface area contributed by atoms with Gasteiger partial charge < -0.3 is 19.7 Å². The fourth-order valence-corrected chi connectivity index (χ4v) is 4.08. The van der Waals surface area contributed by atoms with Crippen LogP contribution in [-0.2, 0) is 25.5 Å². The van der Waals surface area contributed by atoms with Gasteiger partial charge in [-0.2, -0.15) is 0 Å². The van der Waals surface area contributed by atoms with Gasteiger partial charge >= 0.3 is 0 Å². The van der Waals surface area contributed by atoms with Gasteiger partial charge in [0.25, 0.3) is 0 Å². The highest BCUT2D eigenvalue weighted by Gasteiger charge is 2.40. The number of ether oxygens (including phenoxy) is 1. The van der Waals surface area contributed by atoms with Gasteiger partial charge in [-0.1, -0.05) is 41.6 Å². The van der Waals surface area contributed by atoms with Gasteiger partial charge in [0.15, 0.2) is 0 Å². The maximum absolute atomic E-state index is 12.5. The van der Waals surface area contributed by atoms with Crippen LogP contribution in [-0.4, -0.2) is 46.8 Å². The molecule has 1 fully saturated rings. The zero-order valence-corrected chi connectivity index (χ0v) is 22.2. The lowest BCUT2D eigenvalue weighted by Crippen LogP contribution is -2.44. The SMILES string of the molecule is CC1(C=O)CC(=O)N(c2ccc(CCC(=O)NC(C)(C)CCC(C)(C)OCCI)cc2)C1. The monoisotopic (exact) mass is 556 g/mol. The zero-order chi connectivity index (χ0) is 24.0. The maximum atomic E-state index is 12.5. The van der Waals surface area contributed by atoms with Gasteiger partial charge in [-0.25, -0.2) is 0 Å². The van der Waals surface area contributed by atoms with Gasteiger partial charge in [0, 0.05) is 40.5 Å². The van der Waals surface area contributed by atoms with E-state index in [1.807, 2.05) is 45.0 Å². The number of aldehydes is 1. The van der Waals surface area contributed by atoms with Gasteiger partial charge in [-0.15, -0.1) is 0 Å². The van der Waals surface area contributed by atoms with Crippen LogP contribution in [0.1, 0.15) is 65.9 Å². The molecule has 1 saturated heterocycles. The summed E-state index contributed by atoms with van der Waals surface area (Å²) in [6, 6.07) is 7.68. The summed E-state index contributed by atoms with van der Waals surface area (Å²) < 4.78 is 6.86. The van der Waals surface area contributed by atoms with E-state index in [9.17, 15) is 14.4 Å². The fraction of sp³-hybridized carbons (Fsp3) is 0.640. The summed E-state index contributed by atoms with van der Waals surface area (Å²) >= 11 is 2.31. The number of alkyl halides is 1. The Morgan fingerprint density at radius 2 is 1.88 bits per heavy atom. The van der Waals surface area contributed by atoms with Crippen molar-refractivity contribution in [3.05, 3.63) is 29.8 Å². The molecule has 1 atom stereocenters. The van der Waals surface area contributed by atoms with E-state index in [0.29, 0.717) is 19.4 Å². The summed E-state index contributed by atoms with van der Waals surface area (Å²) in [6.45, 7) is 11.2. The first-order valence-corrected chi connectivity index (χ1v) is 12.8. The average Bonchev–Trinajstić information content (AvgIpc) is 3.05. The van der Waals surface area contributed by atoms with Crippen molar-refractivity contribution in [2.24, 2.45) is 5.41 Å². The number of carbonyl (C=O) groups excluding carboxylic acids is 3. The van der Waals surface area contributed by atoms with Crippen molar-refractivity contribution in [3.63, 3.8) is 0 Å². The minimum atomic E-state index is -0.613. The van der Waals surface area contributed by atoms with E-state index in [1.165, 1.54) is 0 Å². The molecule has 0 aliphatic carbocycles. The normalized spacial score (nSPS) is 19.3. The second kappa shape index (κ2) is 11.1. The summed E-state index contributed by atoms with van der Waals surface area (Å²) in [6.07, 6.45) is 3.87. The van der Waals surface area contributed by atoms with Crippen LogP contribution < -0.4 is 10.2 Å². The van der Waals surface area contributed by atoms with Crippen molar-refractivity contribution < 1.29 is 19.1 Å². The van der Waals surface area contributed by atoms with E-state index in [2.05, 4.69) is 41.8 Å². The van der Waals surface area contributed by atoms with E-state index in [1.54, 1.807) is 4.90 Å². The first kappa shape index (κ1) is 26.8. The maximum Gasteiger partial charge on any atom is 0.228 e. The molecule has 2 amide bonds. The molecule has 1 heterocycles. The number of nitrogens with zero attached hydrogens (tertiary/aromatic N) is 1. The largest absolute Gasteiger partial charge is 0.375 e. The molecule has 0 bridgehead atoms. The van der Waals surface area contributed by atoms with Crippen LogP contribution in [0, 0.1) is 5.41 Å². The van der Waals surface area contributed by atoms with Gasteiger partial charge in [0.05, 0.1) is 12.2 Å². The Hall–Kier alpha value is -1.48. The number of rotatable bonds is 12. The van der Waals surface area contributed by atoms with Crippen LogP contribution in [0.3, 0.4) is 0 Å². The number of anilines is 1. The van der Waals surface area contributed by atoms with Gasteiger partial charge in [-0.05, 0) is 64.7 Å². The summed E-state index contributed by atoms with van der Waals surface area (Å²) in [5.41, 5.74) is 0.724. The van der Waals surface area contributed by atoms with E-state index in [4.69, 9.17) is 4.74 Å². The van der Waals surface area contributed by atoms with E-state index >= 15 is 0 Å². The molecule has 32 heavy (non-hydrogen) atoms.